The fourth-order valence-electron chi connectivity index (χ4n) is 3.89. The molecule has 1 aliphatic carbocycles. The van der Waals surface area contributed by atoms with Crippen LogP contribution in [0.3, 0.4) is 0 Å². The van der Waals surface area contributed by atoms with Gasteiger partial charge in [0.2, 0.25) is 11.0 Å². The van der Waals surface area contributed by atoms with Gasteiger partial charge in [-0.15, -0.1) is 0 Å². The Balaban J connectivity index is 1.63. The SMILES string of the molecule is COc1cc(CNc2nc(Cl)nc3c2ncn3C2CCCC2)cc(OC)c1OC. The molecule has 8 nitrogen and oxygen atoms in total. The molecule has 0 spiro atoms. The highest BCUT2D eigenvalue weighted by Crippen LogP contribution is 2.38. The molecule has 3 aromatic rings. The van der Waals surface area contributed by atoms with E-state index in [1.54, 1.807) is 21.3 Å². The third-order valence-corrected chi connectivity index (χ3v) is 5.47. The van der Waals surface area contributed by atoms with Gasteiger partial charge in [0.15, 0.2) is 28.5 Å². The molecule has 1 saturated carbocycles. The Morgan fingerprint density at radius 3 is 2.38 bits per heavy atom. The fourth-order valence-corrected chi connectivity index (χ4v) is 4.05. The van der Waals surface area contributed by atoms with Crippen LogP contribution in [-0.2, 0) is 6.54 Å². The van der Waals surface area contributed by atoms with Gasteiger partial charge in [0.1, 0.15) is 0 Å². The molecule has 0 amide bonds. The number of methoxy groups -OCH3 is 3. The second kappa shape index (κ2) is 8.32. The highest BCUT2D eigenvalue weighted by atomic mass is 35.5. The first-order chi connectivity index (χ1) is 14.1. The van der Waals surface area contributed by atoms with Crippen molar-refractivity contribution in [3.8, 4) is 17.2 Å². The first-order valence-corrected chi connectivity index (χ1v) is 9.95. The van der Waals surface area contributed by atoms with Gasteiger partial charge in [-0.25, -0.2) is 4.98 Å². The predicted molar refractivity (Wildman–Crippen MR) is 111 cm³/mol. The summed E-state index contributed by atoms with van der Waals surface area (Å²) in [6, 6.07) is 4.21. The number of hydrogen-bond donors (Lipinski definition) is 1. The van der Waals surface area contributed by atoms with E-state index < -0.39 is 0 Å². The van der Waals surface area contributed by atoms with Gasteiger partial charge in [-0.2, -0.15) is 9.97 Å². The van der Waals surface area contributed by atoms with E-state index >= 15 is 0 Å². The van der Waals surface area contributed by atoms with Crippen molar-refractivity contribution < 1.29 is 14.2 Å². The van der Waals surface area contributed by atoms with E-state index in [2.05, 4.69) is 24.8 Å². The lowest BCUT2D eigenvalue weighted by Gasteiger charge is -2.15. The van der Waals surface area contributed by atoms with Crippen molar-refractivity contribution in [2.75, 3.05) is 26.6 Å². The maximum absolute atomic E-state index is 6.22. The summed E-state index contributed by atoms with van der Waals surface area (Å²) in [5, 5.41) is 3.52. The summed E-state index contributed by atoms with van der Waals surface area (Å²) in [5.41, 5.74) is 2.43. The number of nitrogens with zero attached hydrogens (tertiary/aromatic N) is 4. The van der Waals surface area contributed by atoms with Crippen molar-refractivity contribution in [3.05, 3.63) is 29.3 Å². The van der Waals surface area contributed by atoms with E-state index in [1.165, 1.54) is 12.8 Å². The number of benzene rings is 1. The molecule has 0 atom stereocenters. The zero-order chi connectivity index (χ0) is 20.4. The van der Waals surface area contributed by atoms with Gasteiger partial charge in [-0.1, -0.05) is 12.8 Å². The quantitative estimate of drug-likeness (QED) is 0.576. The Morgan fingerprint density at radius 2 is 1.76 bits per heavy atom. The minimum atomic E-state index is 0.199. The number of imidazole rings is 1. The molecule has 0 radical (unpaired) electrons. The number of nitrogens with one attached hydrogen (secondary N) is 1. The van der Waals surface area contributed by atoms with Gasteiger partial charge >= 0.3 is 0 Å². The fraction of sp³-hybridized carbons (Fsp3) is 0.450. The van der Waals surface area contributed by atoms with E-state index in [4.69, 9.17) is 25.8 Å². The van der Waals surface area contributed by atoms with E-state index in [-0.39, 0.29) is 5.28 Å². The Bertz CT molecular complexity index is 992. The monoisotopic (exact) mass is 417 g/mol. The molecule has 154 valence electrons. The zero-order valence-corrected chi connectivity index (χ0v) is 17.5. The number of ether oxygens (including phenoxy) is 3. The molecule has 29 heavy (non-hydrogen) atoms. The van der Waals surface area contributed by atoms with Gasteiger partial charge in [0.05, 0.1) is 27.7 Å². The Morgan fingerprint density at radius 1 is 1.07 bits per heavy atom. The van der Waals surface area contributed by atoms with Crippen molar-refractivity contribution in [3.63, 3.8) is 0 Å². The average Bonchev–Trinajstić information content (AvgIpc) is 3.40. The molecule has 0 aliphatic heterocycles. The third-order valence-electron chi connectivity index (χ3n) is 5.30. The van der Waals surface area contributed by atoms with Crippen LogP contribution in [-0.4, -0.2) is 40.8 Å². The zero-order valence-electron chi connectivity index (χ0n) is 16.7. The summed E-state index contributed by atoms with van der Waals surface area (Å²) in [6.07, 6.45) is 6.59. The molecule has 0 saturated heterocycles. The minimum absolute atomic E-state index is 0.199. The predicted octanol–water partition coefficient (Wildman–Crippen LogP) is 4.23. The minimum Gasteiger partial charge on any atom is -0.493 e. The molecule has 0 unspecified atom stereocenters. The average molecular weight is 418 g/mol. The number of hydrogen-bond acceptors (Lipinski definition) is 7. The summed E-state index contributed by atoms with van der Waals surface area (Å²) in [6.45, 7) is 0.482. The summed E-state index contributed by atoms with van der Waals surface area (Å²) >= 11 is 6.22. The van der Waals surface area contributed by atoms with Gasteiger partial charge in [-0.3, -0.25) is 0 Å². The number of fused-ring (bicyclic) bond motifs is 1. The van der Waals surface area contributed by atoms with Crippen molar-refractivity contribution in [1.82, 2.24) is 19.5 Å². The van der Waals surface area contributed by atoms with Crippen molar-refractivity contribution in [2.24, 2.45) is 0 Å². The Hall–Kier alpha value is -2.74. The Labute approximate surface area is 174 Å². The van der Waals surface area contributed by atoms with Crippen LogP contribution in [0, 0.1) is 0 Å². The highest BCUT2D eigenvalue weighted by molar-refractivity contribution is 6.28. The number of rotatable bonds is 7. The van der Waals surface area contributed by atoms with Gasteiger partial charge < -0.3 is 24.1 Å². The number of anilines is 1. The number of aromatic nitrogens is 4. The van der Waals surface area contributed by atoms with E-state index in [1.807, 2.05) is 18.5 Å². The van der Waals surface area contributed by atoms with E-state index in [0.29, 0.717) is 41.2 Å². The molecule has 2 heterocycles. The van der Waals surface area contributed by atoms with Crippen LogP contribution < -0.4 is 19.5 Å². The van der Waals surface area contributed by atoms with Gasteiger partial charge in [0.25, 0.3) is 0 Å². The van der Waals surface area contributed by atoms with E-state index in [9.17, 15) is 0 Å². The van der Waals surface area contributed by atoms with Crippen molar-refractivity contribution in [2.45, 2.75) is 38.3 Å². The highest BCUT2D eigenvalue weighted by Gasteiger charge is 2.21. The lowest BCUT2D eigenvalue weighted by molar-refractivity contribution is 0.324. The van der Waals surface area contributed by atoms with Crippen molar-refractivity contribution in [1.29, 1.82) is 0 Å². The third kappa shape index (κ3) is 3.76. The second-order valence-electron chi connectivity index (χ2n) is 6.99. The molecular formula is C20H24ClN5O3. The van der Waals surface area contributed by atoms with Crippen LogP contribution in [0.5, 0.6) is 17.2 Å². The number of halogens is 1. The second-order valence-corrected chi connectivity index (χ2v) is 7.33. The topological polar surface area (TPSA) is 83.3 Å². The molecule has 0 bridgehead atoms. The lowest BCUT2D eigenvalue weighted by atomic mass is 10.1. The maximum Gasteiger partial charge on any atom is 0.226 e. The first-order valence-electron chi connectivity index (χ1n) is 9.57. The summed E-state index contributed by atoms with van der Waals surface area (Å²) in [5.74, 6) is 2.35. The first kappa shape index (κ1) is 19.6. The molecule has 9 heteroatoms. The van der Waals surface area contributed by atoms with Crippen LogP contribution in [0.2, 0.25) is 5.28 Å². The Kier molecular flexibility index (Phi) is 5.62. The summed E-state index contributed by atoms with van der Waals surface area (Å²) in [7, 11) is 4.77. The lowest BCUT2D eigenvalue weighted by Crippen LogP contribution is -2.07. The molecule has 1 aliphatic rings. The van der Waals surface area contributed by atoms with Crippen LogP contribution in [0.4, 0.5) is 5.82 Å². The molecule has 1 aromatic carbocycles. The van der Waals surface area contributed by atoms with Gasteiger partial charge in [-0.05, 0) is 42.1 Å². The van der Waals surface area contributed by atoms with Crippen LogP contribution >= 0.6 is 11.6 Å². The smallest absolute Gasteiger partial charge is 0.226 e. The summed E-state index contributed by atoms with van der Waals surface area (Å²) < 4.78 is 18.4. The van der Waals surface area contributed by atoms with E-state index in [0.717, 1.165) is 24.1 Å². The normalized spacial score (nSPS) is 14.3. The molecule has 1 N–H and O–H groups in total. The summed E-state index contributed by atoms with van der Waals surface area (Å²) in [4.78, 5) is 13.3. The molecular weight excluding hydrogens is 394 g/mol. The largest absolute Gasteiger partial charge is 0.493 e. The van der Waals surface area contributed by atoms with Crippen molar-refractivity contribution >= 4 is 28.6 Å². The maximum atomic E-state index is 6.22. The molecule has 4 rings (SSSR count). The molecule has 2 aromatic heterocycles. The molecule has 1 fully saturated rings. The van der Waals surface area contributed by atoms with Crippen LogP contribution in [0.25, 0.3) is 11.2 Å². The standard InChI is InChI=1S/C20H24ClN5O3/c1-27-14-8-12(9-15(28-2)17(14)29-3)10-22-18-16-19(25-20(21)24-18)26(11-23-16)13-6-4-5-7-13/h8-9,11,13H,4-7,10H2,1-3H3,(H,22,24,25). The van der Waals surface area contributed by atoms with Crippen LogP contribution in [0.15, 0.2) is 18.5 Å². The van der Waals surface area contributed by atoms with Gasteiger partial charge in [0, 0.05) is 12.6 Å². The van der Waals surface area contributed by atoms with Crippen LogP contribution in [0.1, 0.15) is 37.3 Å².